The summed E-state index contributed by atoms with van der Waals surface area (Å²) in [5.41, 5.74) is 0. The van der Waals surface area contributed by atoms with Crippen molar-refractivity contribution in [2.75, 3.05) is 11.5 Å². The molecule has 1 fully saturated rings. The first kappa shape index (κ1) is 10.0. The Balaban J connectivity index is 2.36. The average molecular weight is 190 g/mol. The zero-order chi connectivity index (χ0) is 9.19. The fourth-order valence-electron chi connectivity index (χ4n) is 1.84. The lowest BCUT2D eigenvalue weighted by atomic mass is 9.92. The van der Waals surface area contributed by atoms with E-state index in [0.29, 0.717) is 23.3 Å². The van der Waals surface area contributed by atoms with Crippen LogP contribution in [0.15, 0.2) is 0 Å². The van der Waals surface area contributed by atoms with Gasteiger partial charge in [-0.25, -0.2) is 8.42 Å². The van der Waals surface area contributed by atoms with Crippen molar-refractivity contribution in [3.63, 3.8) is 0 Å². The minimum Gasteiger partial charge on any atom is -0.229 e. The van der Waals surface area contributed by atoms with Gasteiger partial charge < -0.3 is 0 Å². The number of hydrogen-bond donors (Lipinski definition) is 0. The molecule has 0 spiro atoms. The highest BCUT2D eigenvalue weighted by Crippen LogP contribution is 2.24. The highest BCUT2D eigenvalue weighted by Gasteiger charge is 2.23. The Kier molecular flexibility index (Phi) is 3.16. The first-order valence-corrected chi connectivity index (χ1v) is 6.52. The van der Waals surface area contributed by atoms with E-state index in [9.17, 15) is 8.42 Å². The Hall–Kier alpha value is -0.0500. The smallest absolute Gasteiger partial charge is 0.150 e. The molecule has 0 bridgehead atoms. The van der Waals surface area contributed by atoms with Gasteiger partial charge in [-0.1, -0.05) is 13.8 Å². The van der Waals surface area contributed by atoms with E-state index < -0.39 is 9.84 Å². The van der Waals surface area contributed by atoms with E-state index in [4.69, 9.17) is 0 Å². The van der Waals surface area contributed by atoms with Crippen molar-refractivity contribution in [2.24, 2.45) is 11.8 Å². The van der Waals surface area contributed by atoms with Gasteiger partial charge in [0.1, 0.15) is 9.84 Å². The van der Waals surface area contributed by atoms with E-state index in [2.05, 4.69) is 13.8 Å². The molecule has 72 valence electrons. The molecule has 0 radical (unpaired) electrons. The number of hydrogen-bond acceptors (Lipinski definition) is 2. The van der Waals surface area contributed by atoms with Crippen molar-refractivity contribution < 1.29 is 8.42 Å². The molecule has 1 aliphatic rings. The molecule has 1 saturated heterocycles. The lowest BCUT2D eigenvalue weighted by Gasteiger charge is -2.23. The lowest BCUT2D eigenvalue weighted by Crippen LogP contribution is -2.24. The quantitative estimate of drug-likeness (QED) is 0.666. The molecule has 0 N–H and O–H groups in total. The number of sulfone groups is 1. The van der Waals surface area contributed by atoms with Crippen LogP contribution in [0.2, 0.25) is 0 Å². The maximum Gasteiger partial charge on any atom is 0.150 e. The zero-order valence-electron chi connectivity index (χ0n) is 7.91. The van der Waals surface area contributed by atoms with Gasteiger partial charge in [0.25, 0.3) is 0 Å². The van der Waals surface area contributed by atoms with E-state index in [1.165, 1.54) is 6.42 Å². The van der Waals surface area contributed by atoms with Crippen LogP contribution in [-0.2, 0) is 9.84 Å². The summed E-state index contributed by atoms with van der Waals surface area (Å²) in [6.45, 7) is 4.40. The van der Waals surface area contributed by atoms with Gasteiger partial charge in [0.2, 0.25) is 0 Å². The fraction of sp³-hybridized carbons (Fsp3) is 1.00. The first-order valence-electron chi connectivity index (χ1n) is 4.70. The Morgan fingerprint density at radius 1 is 1.25 bits per heavy atom. The second-order valence-corrected chi connectivity index (χ2v) is 6.53. The average Bonchev–Trinajstić information content (AvgIpc) is 1.93. The molecule has 0 amide bonds. The van der Waals surface area contributed by atoms with Gasteiger partial charge in [0.15, 0.2) is 0 Å². The summed E-state index contributed by atoms with van der Waals surface area (Å²) in [6, 6.07) is 0. The van der Waals surface area contributed by atoms with Crippen LogP contribution in [0.4, 0.5) is 0 Å². The van der Waals surface area contributed by atoms with Crippen molar-refractivity contribution in [2.45, 2.75) is 33.1 Å². The summed E-state index contributed by atoms with van der Waals surface area (Å²) in [5, 5.41) is 0. The summed E-state index contributed by atoms with van der Waals surface area (Å²) < 4.78 is 22.2. The highest BCUT2D eigenvalue weighted by atomic mass is 32.2. The third kappa shape index (κ3) is 3.13. The largest absolute Gasteiger partial charge is 0.229 e. The van der Waals surface area contributed by atoms with Gasteiger partial charge in [-0.3, -0.25) is 0 Å². The Morgan fingerprint density at radius 3 is 2.17 bits per heavy atom. The second-order valence-electron chi connectivity index (χ2n) is 4.22. The Bertz CT molecular complexity index is 215. The van der Waals surface area contributed by atoms with Gasteiger partial charge in [0, 0.05) is 0 Å². The van der Waals surface area contributed by atoms with Crippen molar-refractivity contribution in [1.29, 1.82) is 0 Å². The van der Waals surface area contributed by atoms with E-state index in [1.807, 2.05) is 0 Å². The zero-order valence-corrected chi connectivity index (χ0v) is 8.73. The lowest BCUT2D eigenvalue weighted by molar-refractivity contribution is 0.378. The van der Waals surface area contributed by atoms with Crippen LogP contribution in [0.3, 0.4) is 0 Å². The van der Waals surface area contributed by atoms with E-state index in [0.717, 1.165) is 12.8 Å². The SMILES string of the molecule is CC(C)CC1CCS(=O)(=O)CC1. The predicted octanol–water partition coefficient (Wildman–Crippen LogP) is 1.86. The summed E-state index contributed by atoms with van der Waals surface area (Å²) in [4.78, 5) is 0. The van der Waals surface area contributed by atoms with Crippen LogP contribution < -0.4 is 0 Å². The second kappa shape index (κ2) is 3.77. The van der Waals surface area contributed by atoms with Crippen molar-refractivity contribution in [3.05, 3.63) is 0 Å². The third-order valence-corrected chi connectivity index (χ3v) is 4.19. The molecule has 1 rings (SSSR count). The van der Waals surface area contributed by atoms with Crippen LogP contribution in [0.25, 0.3) is 0 Å². The summed E-state index contributed by atoms with van der Waals surface area (Å²) >= 11 is 0. The van der Waals surface area contributed by atoms with Crippen molar-refractivity contribution >= 4 is 9.84 Å². The van der Waals surface area contributed by atoms with Crippen LogP contribution in [0.1, 0.15) is 33.1 Å². The van der Waals surface area contributed by atoms with Gasteiger partial charge in [-0.15, -0.1) is 0 Å². The van der Waals surface area contributed by atoms with Gasteiger partial charge >= 0.3 is 0 Å². The molecule has 0 saturated carbocycles. The topological polar surface area (TPSA) is 34.1 Å². The molecule has 1 aliphatic heterocycles. The molecule has 3 heteroatoms. The van der Waals surface area contributed by atoms with Gasteiger partial charge in [-0.05, 0) is 31.1 Å². The van der Waals surface area contributed by atoms with Gasteiger partial charge in [-0.2, -0.15) is 0 Å². The summed E-state index contributed by atoms with van der Waals surface area (Å²) in [7, 11) is -2.65. The van der Waals surface area contributed by atoms with Crippen LogP contribution in [0.5, 0.6) is 0 Å². The summed E-state index contributed by atoms with van der Waals surface area (Å²) in [6.07, 6.45) is 2.97. The van der Waals surface area contributed by atoms with Gasteiger partial charge in [0.05, 0.1) is 11.5 Å². The Morgan fingerprint density at radius 2 is 1.75 bits per heavy atom. The van der Waals surface area contributed by atoms with E-state index >= 15 is 0 Å². The minimum absolute atomic E-state index is 0.421. The minimum atomic E-state index is -2.65. The molecule has 0 atom stereocenters. The van der Waals surface area contributed by atoms with Crippen molar-refractivity contribution in [1.82, 2.24) is 0 Å². The molecule has 1 heterocycles. The third-order valence-electron chi connectivity index (χ3n) is 2.48. The normalized spacial score (nSPS) is 24.6. The maximum atomic E-state index is 11.1. The predicted molar refractivity (Wildman–Crippen MR) is 50.8 cm³/mol. The summed E-state index contributed by atoms with van der Waals surface area (Å²) in [5.74, 6) is 2.21. The fourth-order valence-corrected chi connectivity index (χ4v) is 3.43. The molecular formula is C9H18O2S. The van der Waals surface area contributed by atoms with Crippen LogP contribution in [0, 0.1) is 11.8 Å². The first-order chi connectivity index (χ1) is 5.49. The van der Waals surface area contributed by atoms with E-state index in [-0.39, 0.29) is 0 Å². The van der Waals surface area contributed by atoms with Crippen LogP contribution >= 0.6 is 0 Å². The molecular weight excluding hydrogens is 172 g/mol. The molecule has 0 aromatic heterocycles. The van der Waals surface area contributed by atoms with Crippen molar-refractivity contribution in [3.8, 4) is 0 Å². The molecule has 0 aliphatic carbocycles. The number of rotatable bonds is 2. The van der Waals surface area contributed by atoms with E-state index in [1.54, 1.807) is 0 Å². The molecule has 0 aromatic rings. The maximum absolute atomic E-state index is 11.1. The monoisotopic (exact) mass is 190 g/mol. The molecule has 0 unspecified atom stereocenters. The Labute approximate surface area is 75.3 Å². The standard InChI is InChI=1S/C9H18O2S/c1-8(2)7-9-3-5-12(10,11)6-4-9/h8-9H,3-7H2,1-2H3. The van der Waals surface area contributed by atoms with Crippen LogP contribution in [-0.4, -0.2) is 19.9 Å². The molecule has 2 nitrogen and oxygen atoms in total. The molecule has 0 aromatic carbocycles. The highest BCUT2D eigenvalue weighted by molar-refractivity contribution is 7.91. The molecule has 12 heavy (non-hydrogen) atoms.